The lowest BCUT2D eigenvalue weighted by atomic mass is 10.1. The summed E-state index contributed by atoms with van der Waals surface area (Å²) in [4.78, 5) is 8.82. The minimum atomic E-state index is 0.249. The van der Waals surface area contributed by atoms with Crippen molar-refractivity contribution in [2.75, 3.05) is 12.1 Å². The topological polar surface area (TPSA) is 74.1 Å². The Morgan fingerprint density at radius 1 is 0.963 bits per heavy atom. The van der Waals surface area contributed by atoms with Gasteiger partial charge in [0.1, 0.15) is 12.1 Å². The molecule has 2 aromatic carbocycles. The van der Waals surface area contributed by atoms with Crippen molar-refractivity contribution < 1.29 is 9.47 Å². The molecule has 0 unspecified atom stereocenters. The molecule has 4 aromatic rings. The average molecular weight is 359 g/mol. The molecule has 1 aliphatic rings. The average Bonchev–Trinajstić information content (AvgIpc) is 3.31. The molecule has 0 atom stereocenters. The second-order valence-electron chi connectivity index (χ2n) is 6.48. The Hall–Kier alpha value is -3.61. The fraction of sp³-hybridized carbons (Fsp3) is 0.150. The van der Waals surface area contributed by atoms with Crippen molar-refractivity contribution in [2.45, 2.75) is 13.8 Å². The molecule has 134 valence electrons. The maximum Gasteiger partial charge on any atom is 0.231 e. The van der Waals surface area contributed by atoms with Crippen LogP contribution in [0.15, 0.2) is 48.9 Å². The summed E-state index contributed by atoms with van der Waals surface area (Å²) in [6.45, 7) is 4.43. The number of fused-ring (bicyclic) bond motifs is 2. The molecular formula is C20H17N5O2. The van der Waals surface area contributed by atoms with E-state index in [1.807, 2.05) is 28.9 Å². The monoisotopic (exact) mass is 359 g/mol. The van der Waals surface area contributed by atoms with Crippen molar-refractivity contribution in [1.82, 2.24) is 19.7 Å². The Bertz CT molecular complexity index is 1170. The van der Waals surface area contributed by atoms with Gasteiger partial charge in [-0.05, 0) is 49.2 Å². The molecular weight excluding hydrogens is 342 g/mol. The first-order valence-electron chi connectivity index (χ1n) is 8.62. The number of aromatic nitrogens is 4. The summed E-state index contributed by atoms with van der Waals surface area (Å²) in [5.74, 6) is 2.15. The molecule has 0 saturated carbocycles. The number of aryl methyl sites for hydroxylation is 2. The Morgan fingerprint density at radius 3 is 2.74 bits per heavy atom. The van der Waals surface area contributed by atoms with E-state index in [2.05, 4.69) is 46.4 Å². The van der Waals surface area contributed by atoms with Crippen LogP contribution in [0.4, 0.5) is 11.5 Å². The van der Waals surface area contributed by atoms with Crippen molar-refractivity contribution >= 4 is 22.5 Å². The van der Waals surface area contributed by atoms with Crippen LogP contribution in [0.2, 0.25) is 0 Å². The van der Waals surface area contributed by atoms with Crippen molar-refractivity contribution in [3.8, 4) is 17.2 Å². The normalized spacial score (nSPS) is 12.5. The zero-order chi connectivity index (χ0) is 18.4. The highest BCUT2D eigenvalue weighted by molar-refractivity contribution is 5.89. The standard InChI is InChI=1S/C20H17N5O2/c1-12-3-5-15(7-13(12)2)25-20-16(9-23-25)19(21-10-22-20)24-14-4-6-17-18(8-14)27-11-26-17/h3-10H,11H2,1-2H3,(H,21,22,24). The molecule has 0 saturated heterocycles. The molecule has 5 rings (SSSR count). The molecule has 7 nitrogen and oxygen atoms in total. The second kappa shape index (κ2) is 5.98. The number of hydrogen-bond acceptors (Lipinski definition) is 6. The van der Waals surface area contributed by atoms with E-state index >= 15 is 0 Å². The molecule has 0 spiro atoms. The molecule has 1 aliphatic heterocycles. The molecule has 2 aromatic heterocycles. The summed E-state index contributed by atoms with van der Waals surface area (Å²) >= 11 is 0. The second-order valence-corrected chi connectivity index (χ2v) is 6.48. The minimum absolute atomic E-state index is 0.249. The number of nitrogens with zero attached hydrogens (tertiary/aromatic N) is 4. The molecule has 0 fully saturated rings. The Morgan fingerprint density at radius 2 is 1.85 bits per heavy atom. The van der Waals surface area contributed by atoms with Crippen LogP contribution in [-0.4, -0.2) is 26.5 Å². The van der Waals surface area contributed by atoms with Gasteiger partial charge in [-0.1, -0.05) is 6.07 Å². The number of hydrogen-bond donors (Lipinski definition) is 1. The molecule has 0 bridgehead atoms. The van der Waals surface area contributed by atoms with Crippen LogP contribution in [0.5, 0.6) is 11.5 Å². The smallest absolute Gasteiger partial charge is 0.231 e. The van der Waals surface area contributed by atoms with Crippen molar-refractivity contribution in [2.24, 2.45) is 0 Å². The predicted octanol–water partition coefficient (Wildman–Crippen LogP) is 3.90. The first-order chi connectivity index (χ1) is 13.2. The van der Waals surface area contributed by atoms with Gasteiger partial charge in [-0.3, -0.25) is 0 Å². The van der Waals surface area contributed by atoms with Gasteiger partial charge < -0.3 is 14.8 Å². The van der Waals surface area contributed by atoms with Crippen LogP contribution >= 0.6 is 0 Å². The summed E-state index contributed by atoms with van der Waals surface area (Å²) < 4.78 is 12.6. The number of ether oxygens (including phenoxy) is 2. The molecule has 3 heterocycles. The maximum atomic E-state index is 5.44. The van der Waals surface area contributed by atoms with E-state index < -0.39 is 0 Å². The highest BCUT2D eigenvalue weighted by Crippen LogP contribution is 2.35. The quantitative estimate of drug-likeness (QED) is 0.598. The third kappa shape index (κ3) is 2.64. The van der Waals surface area contributed by atoms with E-state index in [0.29, 0.717) is 5.82 Å². The van der Waals surface area contributed by atoms with Crippen LogP contribution in [0.25, 0.3) is 16.7 Å². The van der Waals surface area contributed by atoms with Gasteiger partial charge in [0.2, 0.25) is 6.79 Å². The van der Waals surface area contributed by atoms with Crippen LogP contribution < -0.4 is 14.8 Å². The summed E-state index contributed by atoms with van der Waals surface area (Å²) in [5.41, 5.74) is 5.04. The van der Waals surface area contributed by atoms with Crippen LogP contribution in [0, 0.1) is 13.8 Å². The SMILES string of the molecule is Cc1ccc(-n2ncc3c(Nc4ccc5c(c4)OCO5)ncnc32)cc1C. The number of rotatable bonds is 3. The Labute approximate surface area is 155 Å². The molecule has 1 N–H and O–H groups in total. The highest BCUT2D eigenvalue weighted by Gasteiger charge is 2.15. The lowest BCUT2D eigenvalue weighted by Crippen LogP contribution is -2.00. The van der Waals surface area contributed by atoms with Crippen LogP contribution in [0.1, 0.15) is 11.1 Å². The number of benzene rings is 2. The van der Waals surface area contributed by atoms with Crippen molar-refractivity contribution in [1.29, 1.82) is 0 Å². The third-order valence-corrected chi connectivity index (χ3v) is 4.74. The largest absolute Gasteiger partial charge is 0.454 e. The third-order valence-electron chi connectivity index (χ3n) is 4.74. The fourth-order valence-electron chi connectivity index (χ4n) is 3.10. The van der Waals surface area contributed by atoms with E-state index in [4.69, 9.17) is 9.47 Å². The zero-order valence-electron chi connectivity index (χ0n) is 14.9. The van der Waals surface area contributed by atoms with E-state index in [0.717, 1.165) is 33.9 Å². The van der Waals surface area contributed by atoms with Gasteiger partial charge in [-0.25, -0.2) is 14.6 Å². The first-order valence-corrected chi connectivity index (χ1v) is 8.62. The molecule has 0 amide bonds. The van der Waals surface area contributed by atoms with E-state index in [1.165, 1.54) is 17.5 Å². The minimum Gasteiger partial charge on any atom is -0.454 e. The number of anilines is 2. The van der Waals surface area contributed by atoms with Crippen LogP contribution in [0.3, 0.4) is 0 Å². The summed E-state index contributed by atoms with van der Waals surface area (Å²) in [5, 5.41) is 8.69. The molecule has 0 radical (unpaired) electrons. The van der Waals surface area contributed by atoms with Crippen molar-refractivity contribution in [3.05, 3.63) is 60.0 Å². The van der Waals surface area contributed by atoms with E-state index in [-0.39, 0.29) is 6.79 Å². The van der Waals surface area contributed by atoms with Gasteiger partial charge in [0.05, 0.1) is 17.3 Å². The maximum absolute atomic E-state index is 5.44. The van der Waals surface area contributed by atoms with Gasteiger partial charge in [0, 0.05) is 11.8 Å². The molecule has 0 aliphatic carbocycles. The first kappa shape index (κ1) is 15.6. The summed E-state index contributed by atoms with van der Waals surface area (Å²) in [7, 11) is 0. The summed E-state index contributed by atoms with van der Waals surface area (Å²) in [6, 6.07) is 11.9. The lowest BCUT2D eigenvalue weighted by molar-refractivity contribution is 0.174. The number of nitrogens with one attached hydrogen (secondary N) is 1. The van der Waals surface area contributed by atoms with E-state index in [1.54, 1.807) is 6.20 Å². The zero-order valence-corrected chi connectivity index (χ0v) is 14.9. The van der Waals surface area contributed by atoms with Crippen molar-refractivity contribution in [3.63, 3.8) is 0 Å². The van der Waals surface area contributed by atoms with Gasteiger partial charge in [-0.2, -0.15) is 5.10 Å². The molecule has 27 heavy (non-hydrogen) atoms. The predicted molar refractivity (Wildman–Crippen MR) is 102 cm³/mol. The Kier molecular flexibility index (Phi) is 3.46. The van der Waals surface area contributed by atoms with Gasteiger partial charge >= 0.3 is 0 Å². The fourth-order valence-corrected chi connectivity index (χ4v) is 3.10. The highest BCUT2D eigenvalue weighted by atomic mass is 16.7. The van der Waals surface area contributed by atoms with Crippen LogP contribution in [-0.2, 0) is 0 Å². The Balaban J connectivity index is 1.54. The van der Waals surface area contributed by atoms with Gasteiger partial charge in [0.15, 0.2) is 17.1 Å². The van der Waals surface area contributed by atoms with Gasteiger partial charge in [0.25, 0.3) is 0 Å². The van der Waals surface area contributed by atoms with E-state index in [9.17, 15) is 0 Å². The molecule has 7 heteroatoms. The summed E-state index contributed by atoms with van der Waals surface area (Å²) in [6.07, 6.45) is 3.32. The lowest BCUT2D eigenvalue weighted by Gasteiger charge is -2.08. The van der Waals surface area contributed by atoms with Gasteiger partial charge in [-0.15, -0.1) is 0 Å².